The fourth-order valence-corrected chi connectivity index (χ4v) is 3.35. The maximum atomic E-state index is 12.6. The number of hydrogen-bond acceptors (Lipinski definition) is 4. The van der Waals surface area contributed by atoms with E-state index in [0.717, 1.165) is 11.1 Å². The van der Waals surface area contributed by atoms with Crippen molar-refractivity contribution in [3.63, 3.8) is 0 Å². The first kappa shape index (κ1) is 16.7. The molecule has 0 saturated carbocycles. The molecule has 0 aliphatic heterocycles. The number of ketones is 1. The second-order valence-electron chi connectivity index (χ2n) is 5.89. The molecule has 124 valence electrons. The first-order valence-electron chi connectivity index (χ1n) is 7.93. The Bertz CT molecular complexity index is 801. The minimum atomic E-state index is -1.28. The molecule has 1 aromatic heterocycles. The van der Waals surface area contributed by atoms with Crippen molar-refractivity contribution in [2.75, 3.05) is 6.61 Å². The SMILES string of the molecule is CCOC(=O)C1(C(C)=O)CCc2ccc(-c3ccc(Cl)cc3)nc21. The van der Waals surface area contributed by atoms with E-state index in [-0.39, 0.29) is 12.4 Å². The van der Waals surface area contributed by atoms with E-state index >= 15 is 0 Å². The van der Waals surface area contributed by atoms with Gasteiger partial charge in [0, 0.05) is 10.6 Å². The van der Waals surface area contributed by atoms with E-state index < -0.39 is 11.4 Å². The van der Waals surface area contributed by atoms with Gasteiger partial charge in [0.1, 0.15) is 0 Å². The number of aromatic nitrogens is 1. The zero-order valence-corrected chi connectivity index (χ0v) is 14.4. The predicted molar refractivity (Wildman–Crippen MR) is 92.0 cm³/mol. The summed E-state index contributed by atoms with van der Waals surface area (Å²) in [7, 11) is 0. The van der Waals surface area contributed by atoms with Crippen molar-refractivity contribution in [2.24, 2.45) is 0 Å². The lowest BCUT2D eigenvalue weighted by Crippen LogP contribution is -2.42. The monoisotopic (exact) mass is 343 g/mol. The van der Waals surface area contributed by atoms with Gasteiger partial charge in [0.2, 0.25) is 0 Å². The summed E-state index contributed by atoms with van der Waals surface area (Å²) in [6.07, 6.45) is 1.05. The number of rotatable bonds is 4. The number of aryl methyl sites for hydroxylation is 1. The van der Waals surface area contributed by atoms with Crippen LogP contribution in [0.25, 0.3) is 11.3 Å². The Morgan fingerprint density at radius 2 is 1.92 bits per heavy atom. The average molecular weight is 344 g/mol. The number of esters is 1. The molecule has 4 nitrogen and oxygen atoms in total. The lowest BCUT2D eigenvalue weighted by atomic mass is 9.81. The third kappa shape index (κ3) is 2.61. The maximum Gasteiger partial charge on any atom is 0.325 e. The van der Waals surface area contributed by atoms with Crippen LogP contribution >= 0.6 is 11.6 Å². The van der Waals surface area contributed by atoms with Crippen LogP contribution in [-0.4, -0.2) is 23.3 Å². The minimum absolute atomic E-state index is 0.222. The van der Waals surface area contributed by atoms with E-state index in [4.69, 9.17) is 16.3 Å². The fraction of sp³-hybridized carbons (Fsp3) is 0.316. The largest absolute Gasteiger partial charge is 0.465 e. The van der Waals surface area contributed by atoms with Gasteiger partial charge in [-0.3, -0.25) is 14.6 Å². The van der Waals surface area contributed by atoms with E-state index in [1.54, 1.807) is 19.1 Å². The molecule has 24 heavy (non-hydrogen) atoms. The molecule has 1 atom stereocenters. The highest BCUT2D eigenvalue weighted by Crippen LogP contribution is 2.41. The number of hydrogen-bond donors (Lipinski definition) is 0. The summed E-state index contributed by atoms with van der Waals surface area (Å²) < 4.78 is 5.19. The van der Waals surface area contributed by atoms with Crippen molar-refractivity contribution in [1.29, 1.82) is 0 Å². The van der Waals surface area contributed by atoms with Crippen LogP contribution in [0.3, 0.4) is 0 Å². The zero-order chi connectivity index (χ0) is 17.3. The zero-order valence-electron chi connectivity index (χ0n) is 13.6. The van der Waals surface area contributed by atoms with E-state index in [9.17, 15) is 9.59 Å². The maximum absolute atomic E-state index is 12.6. The molecule has 0 bridgehead atoms. The molecule has 1 unspecified atom stereocenters. The van der Waals surface area contributed by atoms with Gasteiger partial charge in [0.25, 0.3) is 0 Å². The number of nitrogens with zero attached hydrogens (tertiary/aromatic N) is 1. The van der Waals surface area contributed by atoms with Gasteiger partial charge in [-0.2, -0.15) is 0 Å². The number of carbonyl (C=O) groups excluding carboxylic acids is 2. The second-order valence-corrected chi connectivity index (χ2v) is 6.33. The quantitative estimate of drug-likeness (QED) is 0.627. The van der Waals surface area contributed by atoms with Gasteiger partial charge in [-0.05, 0) is 50.5 Å². The molecule has 2 aromatic rings. The van der Waals surface area contributed by atoms with E-state index in [1.165, 1.54) is 6.92 Å². The van der Waals surface area contributed by atoms with Crippen molar-refractivity contribution in [2.45, 2.75) is 32.1 Å². The molecular weight excluding hydrogens is 326 g/mol. The Morgan fingerprint density at radius 1 is 1.21 bits per heavy atom. The summed E-state index contributed by atoms with van der Waals surface area (Å²) >= 11 is 5.93. The normalized spacial score (nSPS) is 19.0. The molecule has 0 spiro atoms. The molecule has 1 aliphatic rings. The van der Waals surface area contributed by atoms with Crippen LogP contribution in [0.15, 0.2) is 36.4 Å². The number of carbonyl (C=O) groups is 2. The van der Waals surface area contributed by atoms with Crippen LogP contribution in [0.1, 0.15) is 31.5 Å². The lowest BCUT2D eigenvalue weighted by molar-refractivity contribution is -0.153. The van der Waals surface area contributed by atoms with Crippen LogP contribution in [0, 0.1) is 0 Å². The molecular formula is C19H18ClNO3. The highest BCUT2D eigenvalue weighted by Gasteiger charge is 2.52. The minimum Gasteiger partial charge on any atom is -0.465 e. The van der Waals surface area contributed by atoms with Gasteiger partial charge in [0.05, 0.1) is 18.0 Å². The summed E-state index contributed by atoms with van der Waals surface area (Å²) in [5.74, 6) is -0.725. The predicted octanol–water partition coefficient (Wildman–Crippen LogP) is 3.74. The van der Waals surface area contributed by atoms with Gasteiger partial charge in [-0.1, -0.05) is 29.8 Å². The van der Waals surface area contributed by atoms with Crippen molar-refractivity contribution in [1.82, 2.24) is 4.98 Å². The summed E-state index contributed by atoms with van der Waals surface area (Å²) in [4.78, 5) is 29.6. The Hall–Kier alpha value is -2.20. The van der Waals surface area contributed by atoms with Crippen LogP contribution in [0.4, 0.5) is 0 Å². The van der Waals surface area contributed by atoms with Gasteiger partial charge in [-0.25, -0.2) is 0 Å². The molecule has 0 amide bonds. The molecule has 0 saturated heterocycles. The molecule has 3 rings (SSSR count). The topological polar surface area (TPSA) is 56.3 Å². The van der Waals surface area contributed by atoms with Crippen molar-refractivity contribution >= 4 is 23.4 Å². The Kier molecular flexibility index (Phi) is 4.41. The Labute approximate surface area is 145 Å². The second kappa shape index (κ2) is 6.36. The number of Topliss-reactive ketones (excluding diaryl/α,β-unsaturated/α-hetero) is 1. The third-order valence-corrected chi connectivity index (χ3v) is 4.77. The lowest BCUT2D eigenvalue weighted by Gasteiger charge is -2.24. The van der Waals surface area contributed by atoms with Crippen LogP contribution in [0.2, 0.25) is 5.02 Å². The number of benzene rings is 1. The van der Waals surface area contributed by atoms with Gasteiger partial charge >= 0.3 is 5.97 Å². The number of fused-ring (bicyclic) bond motifs is 1. The summed E-state index contributed by atoms with van der Waals surface area (Å²) in [5.41, 5.74) is 1.77. The van der Waals surface area contributed by atoms with Gasteiger partial charge < -0.3 is 4.74 Å². The van der Waals surface area contributed by atoms with E-state index in [0.29, 0.717) is 29.3 Å². The molecule has 5 heteroatoms. The Balaban J connectivity index is 2.12. The summed E-state index contributed by atoms with van der Waals surface area (Å²) in [6, 6.07) is 11.2. The van der Waals surface area contributed by atoms with E-state index in [2.05, 4.69) is 4.98 Å². The Morgan fingerprint density at radius 3 is 2.54 bits per heavy atom. The molecule has 1 aliphatic carbocycles. The number of halogens is 1. The van der Waals surface area contributed by atoms with E-state index in [1.807, 2.05) is 24.3 Å². The standard InChI is InChI=1S/C19H18ClNO3/c1-3-24-18(23)19(12(2)22)11-10-14-6-9-16(21-17(14)19)13-4-7-15(20)8-5-13/h4-9H,3,10-11H2,1-2H3. The van der Waals surface area contributed by atoms with Crippen molar-refractivity contribution in [3.05, 3.63) is 52.7 Å². The number of ether oxygens (including phenoxy) is 1. The molecule has 0 radical (unpaired) electrons. The van der Waals surface area contributed by atoms with Gasteiger partial charge in [0.15, 0.2) is 11.2 Å². The highest BCUT2D eigenvalue weighted by atomic mass is 35.5. The average Bonchev–Trinajstić information content (AvgIpc) is 2.95. The smallest absolute Gasteiger partial charge is 0.325 e. The molecule has 1 heterocycles. The van der Waals surface area contributed by atoms with Crippen LogP contribution in [0.5, 0.6) is 0 Å². The van der Waals surface area contributed by atoms with Crippen molar-refractivity contribution < 1.29 is 14.3 Å². The van der Waals surface area contributed by atoms with Gasteiger partial charge in [-0.15, -0.1) is 0 Å². The van der Waals surface area contributed by atoms with Crippen molar-refractivity contribution in [3.8, 4) is 11.3 Å². The first-order chi connectivity index (χ1) is 11.5. The third-order valence-electron chi connectivity index (χ3n) is 4.52. The molecule has 1 aromatic carbocycles. The highest BCUT2D eigenvalue weighted by molar-refractivity contribution is 6.30. The molecule has 0 fully saturated rings. The molecule has 0 N–H and O–H groups in total. The fourth-order valence-electron chi connectivity index (χ4n) is 3.22. The first-order valence-corrected chi connectivity index (χ1v) is 8.31. The van der Waals surface area contributed by atoms with Crippen LogP contribution in [-0.2, 0) is 26.2 Å². The summed E-state index contributed by atoms with van der Waals surface area (Å²) in [5, 5.41) is 0.643. The summed E-state index contributed by atoms with van der Waals surface area (Å²) in [6.45, 7) is 3.40. The van der Waals surface area contributed by atoms with Crippen LogP contribution < -0.4 is 0 Å². The number of pyridine rings is 1.